The van der Waals surface area contributed by atoms with E-state index in [2.05, 4.69) is 15.0 Å². The minimum absolute atomic E-state index is 0.0441. The fourth-order valence-corrected chi connectivity index (χ4v) is 3.32. The van der Waals surface area contributed by atoms with E-state index >= 15 is 0 Å². The summed E-state index contributed by atoms with van der Waals surface area (Å²) in [5.74, 6) is 1.11. The van der Waals surface area contributed by atoms with E-state index in [9.17, 15) is 9.59 Å². The van der Waals surface area contributed by atoms with E-state index in [-0.39, 0.29) is 18.0 Å². The van der Waals surface area contributed by atoms with E-state index in [0.717, 1.165) is 18.7 Å². The zero-order valence-electron chi connectivity index (χ0n) is 16.3. The SMILES string of the molecule is Cc1ccc(-c2noc(CN3CCN(C(=O)Cn4ccccc4=O)CC3)n2)cc1. The third-order valence-electron chi connectivity index (χ3n) is 5.07. The van der Waals surface area contributed by atoms with Gasteiger partial charge in [0, 0.05) is 44.0 Å². The number of hydrogen-bond acceptors (Lipinski definition) is 6. The first-order valence-electron chi connectivity index (χ1n) is 9.64. The Kier molecular flexibility index (Phi) is 5.53. The molecule has 29 heavy (non-hydrogen) atoms. The summed E-state index contributed by atoms with van der Waals surface area (Å²) in [6.45, 7) is 5.32. The van der Waals surface area contributed by atoms with Crippen LogP contribution in [0.5, 0.6) is 0 Å². The second-order valence-electron chi connectivity index (χ2n) is 7.20. The lowest BCUT2D eigenvalue weighted by Gasteiger charge is -2.34. The molecule has 0 spiro atoms. The molecule has 3 aromatic rings. The van der Waals surface area contributed by atoms with E-state index in [4.69, 9.17) is 4.52 Å². The maximum Gasteiger partial charge on any atom is 0.250 e. The first-order chi connectivity index (χ1) is 14.1. The van der Waals surface area contributed by atoms with Gasteiger partial charge in [-0.1, -0.05) is 41.1 Å². The van der Waals surface area contributed by atoms with Gasteiger partial charge in [0.05, 0.1) is 6.54 Å². The van der Waals surface area contributed by atoms with Crippen molar-refractivity contribution in [2.75, 3.05) is 26.2 Å². The van der Waals surface area contributed by atoms with E-state index in [1.54, 1.807) is 23.2 Å². The van der Waals surface area contributed by atoms with Gasteiger partial charge in [-0.25, -0.2) is 0 Å². The molecule has 8 heteroatoms. The van der Waals surface area contributed by atoms with Crippen molar-refractivity contribution in [3.8, 4) is 11.4 Å². The molecule has 0 unspecified atom stereocenters. The minimum Gasteiger partial charge on any atom is -0.339 e. The minimum atomic E-state index is -0.166. The van der Waals surface area contributed by atoms with E-state index < -0.39 is 0 Å². The molecule has 1 amide bonds. The van der Waals surface area contributed by atoms with Crippen molar-refractivity contribution in [2.45, 2.75) is 20.0 Å². The number of carbonyl (C=O) groups excluding carboxylic acids is 1. The van der Waals surface area contributed by atoms with Crippen LogP contribution in [0.1, 0.15) is 11.5 Å². The second kappa shape index (κ2) is 8.40. The standard InChI is InChI=1S/C21H23N5O3/c1-16-5-7-17(8-6-16)21-22-18(29-23-21)14-24-10-12-25(13-11-24)20(28)15-26-9-3-2-4-19(26)27/h2-9H,10-15H2,1H3. The molecule has 0 bridgehead atoms. The van der Waals surface area contributed by atoms with Gasteiger partial charge < -0.3 is 14.0 Å². The first kappa shape index (κ1) is 19.1. The number of pyridine rings is 1. The van der Waals surface area contributed by atoms with Crippen molar-refractivity contribution in [2.24, 2.45) is 0 Å². The number of nitrogens with zero attached hydrogens (tertiary/aromatic N) is 5. The zero-order chi connectivity index (χ0) is 20.2. The maximum atomic E-state index is 12.5. The Labute approximate surface area is 168 Å². The van der Waals surface area contributed by atoms with Crippen LogP contribution in [0.2, 0.25) is 0 Å². The number of amides is 1. The normalized spacial score (nSPS) is 14.9. The van der Waals surface area contributed by atoms with Crippen molar-refractivity contribution < 1.29 is 9.32 Å². The number of hydrogen-bond donors (Lipinski definition) is 0. The Hall–Kier alpha value is -3.26. The van der Waals surface area contributed by atoms with Gasteiger partial charge in [-0.15, -0.1) is 0 Å². The average Bonchev–Trinajstić information content (AvgIpc) is 3.19. The molecule has 8 nitrogen and oxygen atoms in total. The largest absolute Gasteiger partial charge is 0.339 e. The van der Waals surface area contributed by atoms with Gasteiger partial charge in [0.15, 0.2) is 0 Å². The van der Waals surface area contributed by atoms with Gasteiger partial charge in [-0.2, -0.15) is 4.98 Å². The Morgan fingerprint density at radius 2 is 1.83 bits per heavy atom. The predicted molar refractivity (Wildman–Crippen MR) is 107 cm³/mol. The molecule has 1 fully saturated rings. The fraction of sp³-hybridized carbons (Fsp3) is 0.333. The molecule has 0 radical (unpaired) electrons. The second-order valence-corrected chi connectivity index (χ2v) is 7.20. The predicted octanol–water partition coefficient (Wildman–Crippen LogP) is 1.55. The summed E-state index contributed by atoms with van der Waals surface area (Å²) in [7, 11) is 0. The van der Waals surface area contributed by atoms with E-state index in [1.165, 1.54) is 16.2 Å². The number of rotatable bonds is 5. The lowest BCUT2D eigenvalue weighted by molar-refractivity contribution is -0.133. The van der Waals surface area contributed by atoms with Crippen molar-refractivity contribution in [3.63, 3.8) is 0 Å². The maximum absolute atomic E-state index is 12.5. The van der Waals surface area contributed by atoms with Crippen LogP contribution >= 0.6 is 0 Å². The Morgan fingerprint density at radius 3 is 2.55 bits per heavy atom. The van der Waals surface area contributed by atoms with Crippen LogP contribution in [-0.2, 0) is 17.9 Å². The number of carbonyl (C=O) groups is 1. The van der Waals surface area contributed by atoms with Crippen molar-refractivity contribution in [1.82, 2.24) is 24.5 Å². The van der Waals surface area contributed by atoms with E-state index in [1.807, 2.05) is 31.2 Å². The van der Waals surface area contributed by atoms with Gasteiger partial charge in [-0.3, -0.25) is 14.5 Å². The summed E-state index contributed by atoms with van der Waals surface area (Å²) in [5.41, 5.74) is 1.94. The molecule has 1 aromatic carbocycles. The molecule has 1 saturated heterocycles. The van der Waals surface area contributed by atoms with Crippen molar-refractivity contribution in [1.29, 1.82) is 0 Å². The average molecular weight is 393 g/mol. The van der Waals surface area contributed by atoms with Gasteiger partial charge in [0.1, 0.15) is 6.54 Å². The summed E-state index contributed by atoms with van der Waals surface area (Å²) in [6, 6.07) is 12.9. The molecular weight excluding hydrogens is 370 g/mol. The Bertz CT molecular complexity index is 1030. The molecular formula is C21H23N5O3. The molecule has 150 valence electrons. The molecule has 1 aliphatic rings. The molecule has 2 aromatic heterocycles. The van der Waals surface area contributed by atoms with Crippen LogP contribution in [0.25, 0.3) is 11.4 Å². The molecule has 0 saturated carbocycles. The molecule has 3 heterocycles. The van der Waals surface area contributed by atoms with Crippen LogP contribution in [0.4, 0.5) is 0 Å². The smallest absolute Gasteiger partial charge is 0.250 e. The van der Waals surface area contributed by atoms with Crippen LogP contribution < -0.4 is 5.56 Å². The molecule has 0 N–H and O–H groups in total. The highest BCUT2D eigenvalue weighted by Gasteiger charge is 2.23. The number of aryl methyl sites for hydroxylation is 1. The Morgan fingerprint density at radius 1 is 1.07 bits per heavy atom. The number of aromatic nitrogens is 3. The van der Waals surface area contributed by atoms with Crippen molar-refractivity contribution >= 4 is 5.91 Å². The quantitative estimate of drug-likeness (QED) is 0.654. The highest BCUT2D eigenvalue weighted by Crippen LogP contribution is 2.17. The lowest BCUT2D eigenvalue weighted by atomic mass is 10.1. The number of piperazine rings is 1. The topological polar surface area (TPSA) is 84.5 Å². The van der Waals surface area contributed by atoms with Crippen LogP contribution in [0.15, 0.2) is 58.0 Å². The van der Waals surface area contributed by atoms with Gasteiger partial charge in [0.25, 0.3) is 5.56 Å². The highest BCUT2D eigenvalue weighted by atomic mass is 16.5. The molecule has 4 rings (SSSR count). The monoisotopic (exact) mass is 393 g/mol. The van der Waals surface area contributed by atoms with Gasteiger partial charge in [0.2, 0.25) is 17.6 Å². The molecule has 0 atom stereocenters. The van der Waals surface area contributed by atoms with E-state index in [0.29, 0.717) is 31.3 Å². The molecule has 1 aliphatic heterocycles. The highest BCUT2D eigenvalue weighted by molar-refractivity contribution is 5.76. The van der Waals surface area contributed by atoms with Crippen LogP contribution in [-0.4, -0.2) is 56.6 Å². The van der Waals surface area contributed by atoms with Crippen molar-refractivity contribution in [3.05, 3.63) is 70.5 Å². The van der Waals surface area contributed by atoms with Gasteiger partial charge in [-0.05, 0) is 13.0 Å². The fourth-order valence-electron chi connectivity index (χ4n) is 3.32. The van der Waals surface area contributed by atoms with Crippen LogP contribution in [0, 0.1) is 6.92 Å². The summed E-state index contributed by atoms with van der Waals surface area (Å²) in [4.78, 5) is 32.7. The summed E-state index contributed by atoms with van der Waals surface area (Å²) in [6.07, 6.45) is 1.64. The summed E-state index contributed by atoms with van der Waals surface area (Å²) in [5, 5.41) is 4.07. The zero-order valence-corrected chi connectivity index (χ0v) is 16.3. The first-order valence-corrected chi connectivity index (χ1v) is 9.64. The third kappa shape index (κ3) is 4.60. The van der Waals surface area contributed by atoms with Gasteiger partial charge >= 0.3 is 0 Å². The summed E-state index contributed by atoms with van der Waals surface area (Å²) < 4.78 is 6.83. The number of benzene rings is 1. The summed E-state index contributed by atoms with van der Waals surface area (Å²) >= 11 is 0. The van der Waals surface area contributed by atoms with Crippen LogP contribution in [0.3, 0.4) is 0 Å². The lowest BCUT2D eigenvalue weighted by Crippen LogP contribution is -2.49. The molecule has 0 aliphatic carbocycles. The third-order valence-corrected chi connectivity index (χ3v) is 5.07. The Balaban J connectivity index is 1.30.